The number of nitrogens with zero attached hydrogens (tertiary/aromatic N) is 1. The van der Waals surface area contributed by atoms with Crippen LogP contribution in [-0.2, 0) is 0 Å². The topological polar surface area (TPSA) is 15.3 Å². The monoisotopic (exact) mass is 308 g/mol. The summed E-state index contributed by atoms with van der Waals surface area (Å²) in [7, 11) is 0. The van der Waals surface area contributed by atoms with Crippen molar-refractivity contribution in [2.45, 2.75) is 38.8 Å². The van der Waals surface area contributed by atoms with E-state index in [1.165, 1.54) is 24.1 Å². The van der Waals surface area contributed by atoms with Gasteiger partial charge in [0.05, 0.1) is 0 Å². The van der Waals surface area contributed by atoms with E-state index in [4.69, 9.17) is 0 Å². The van der Waals surface area contributed by atoms with E-state index >= 15 is 0 Å². The average molecular weight is 308 g/mol. The molecule has 1 fully saturated rings. The summed E-state index contributed by atoms with van der Waals surface area (Å²) < 4.78 is 0. The third kappa shape index (κ3) is 3.94. The van der Waals surface area contributed by atoms with Crippen LogP contribution in [0.1, 0.15) is 38.3 Å². The van der Waals surface area contributed by atoms with Crippen molar-refractivity contribution in [2.75, 3.05) is 18.0 Å². The molecule has 1 saturated heterocycles. The van der Waals surface area contributed by atoms with Crippen molar-refractivity contribution in [2.24, 2.45) is 5.92 Å². The van der Waals surface area contributed by atoms with Gasteiger partial charge in [0.25, 0.3) is 0 Å². The van der Waals surface area contributed by atoms with Crippen molar-refractivity contribution in [1.29, 1.82) is 0 Å². The maximum Gasteiger partial charge on any atom is 0.0366 e. The van der Waals surface area contributed by atoms with Gasteiger partial charge >= 0.3 is 0 Å². The van der Waals surface area contributed by atoms with Crippen molar-refractivity contribution in [3.8, 4) is 0 Å². The Morgan fingerprint density at radius 3 is 2.35 bits per heavy atom. The van der Waals surface area contributed by atoms with Crippen LogP contribution in [0.4, 0.5) is 5.69 Å². The zero-order chi connectivity index (χ0) is 16.1. The molecule has 3 atom stereocenters. The predicted octanol–water partition coefficient (Wildman–Crippen LogP) is 4.64. The lowest BCUT2D eigenvalue weighted by molar-refractivity contribution is 0.276. The average Bonchev–Trinajstić information content (AvgIpc) is 2.63. The second-order valence-electron chi connectivity index (χ2n) is 6.64. The highest BCUT2D eigenvalue weighted by Gasteiger charge is 2.29. The van der Waals surface area contributed by atoms with Gasteiger partial charge in [0.2, 0.25) is 0 Å². The minimum absolute atomic E-state index is 0.415. The lowest BCUT2D eigenvalue weighted by atomic mass is 9.88. The summed E-state index contributed by atoms with van der Waals surface area (Å²) in [5.41, 5.74) is 2.74. The number of piperidine rings is 1. The van der Waals surface area contributed by atoms with E-state index < -0.39 is 0 Å². The van der Waals surface area contributed by atoms with Crippen LogP contribution in [0.15, 0.2) is 60.7 Å². The van der Waals surface area contributed by atoms with E-state index in [1.807, 2.05) is 0 Å². The summed E-state index contributed by atoms with van der Waals surface area (Å²) >= 11 is 0. The molecule has 1 aliphatic heterocycles. The summed E-state index contributed by atoms with van der Waals surface area (Å²) in [5, 5.41) is 3.88. The fourth-order valence-corrected chi connectivity index (χ4v) is 3.70. The van der Waals surface area contributed by atoms with Crippen molar-refractivity contribution < 1.29 is 0 Å². The maximum atomic E-state index is 3.88. The van der Waals surface area contributed by atoms with Crippen LogP contribution in [0, 0.1) is 5.92 Å². The van der Waals surface area contributed by atoms with E-state index in [2.05, 4.69) is 84.7 Å². The van der Waals surface area contributed by atoms with Crippen LogP contribution in [0.3, 0.4) is 0 Å². The van der Waals surface area contributed by atoms with E-state index in [1.54, 1.807) is 0 Å². The molecular formula is C21H28N2. The third-order valence-corrected chi connectivity index (χ3v) is 5.14. The van der Waals surface area contributed by atoms with Gasteiger partial charge in [-0.2, -0.15) is 0 Å². The first kappa shape index (κ1) is 16.1. The Kier molecular flexibility index (Phi) is 5.35. The molecule has 1 N–H and O–H groups in total. The Labute approximate surface area is 140 Å². The molecule has 2 nitrogen and oxygen atoms in total. The number of anilines is 1. The number of hydrogen-bond acceptors (Lipinski definition) is 2. The van der Waals surface area contributed by atoms with Crippen LogP contribution in [0.2, 0.25) is 0 Å². The first-order valence-electron chi connectivity index (χ1n) is 8.89. The maximum absolute atomic E-state index is 3.88. The predicted molar refractivity (Wildman–Crippen MR) is 98.8 cm³/mol. The van der Waals surface area contributed by atoms with Crippen molar-refractivity contribution in [3.05, 3.63) is 66.2 Å². The SMILES string of the molecule is CCC1CN(c2ccccc2)CCC1N[C@@H](C)c1ccccc1. The molecule has 2 aromatic carbocycles. The van der Waals surface area contributed by atoms with E-state index in [-0.39, 0.29) is 0 Å². The van der Waals surface area contributed by atoms with Crippen LogP contribution in [-0.4, -0.2) is 19.1 Å². The van der Waals surface area contributed by atoms with Gasteiger partial charge < -0.3 is 10.2 Å². The summed E-state index contributed by atoms with van der Waals surface area (Å²) in [6.07, 6.45) is 2.44. The summed E-state index contributed by atoms with van der Waals surface area (Å²) in [5.74, 6) is 0.704. The molecule has 2 aromatic rings. The highest BCUT2D eigenvalue weighted by molar-refractivity contribution is 5.46. The van der Waals surface area contributed by atoms with Gasteiger partial charge in [0.15, 0.2) is 0 Å². The number of hydrogen-bond donors (Lipinski definition) is 1. The van der Waals surface area contributed by atoms with E-state index in [9.17, 15) is 0 Å². The molecule has 0 spiro atoms. The molecule has 0 aromatic heterocycles. The Morgan fingerprint density at radius 1 is 1.04 bits per heavy atom. The van der Waals surface area contributed by atoms with Gasteiger partial charge in [-0.05, 0) is 37.0 Å². The lowest BCUT2D eigenvalue weighted by Crippen LogP contribution is -2.49. The quantitative estimate of drug-likeness (QED) is 0.865. The molecule has 1 heterocycles. The van der Waals surface area contributed by atoms with Gasteiger partial charge in [-0.15, -0.1) is 0 Å². The normalized spacial score (nSPS) is 22.8. The van der Waals surface area contributed by atoms with Gasteiger partial charge in [-0.3, -0.25) is 0 Å². The van der Waals surface area contributed by atoms with E-state index in [0.29, 0.717) is 18.0 Å². The second-order valence-corrected chi connectivity index (χ2v) is 6.64. The van der Waals surface area contributed by atoms with Crippen LogP contribution >= 0.6 is 0 Å². The molecule has 0 saturated carbocycles. The Bertz CT molecular complexity index is 581. The van der Waals surface area contributed by atoms with Crippen molar-refractivity contribution in [1.82, 2.24) is 5.32 Å². The third-order valence-electron chi connectivity index (χ3n) is 5.14. The Balaban J connectivity index is 1.63. The molecule has 3 rings (SSSR count). The first-order valence-corrected chi connectivity index (χ1v) is 8.89. The number of rotatable bonds is 5. The van der Waals surface area contributed by atoms with Crippen LogP contribution < -0.4 is 10.2 Å². The fraction of sp³-hybridized carbons (Fsp3) is 0.429. The smallest absolute Gasteiger partial charge is 0.0366 e. The van der Waals surface area contributed by atoms with Gasteiger partial charge in [0, 0.05) is 30.9 Å². The van der Waals surface area contributed by atoms with Gasteiger partial charge in [-0.25, -0.2) is 0 Å². The van der Waals surface area contributed by atoms with Gasteiger partial charge in [-0.1, -0.05) is 61.9 Å². The fourth-order valence-electron chi connectivity index (χ4n) is 3.70. The summed E-state index contributed by atoms with van der Waals surface area (Å²) in [4.78, 5) is 2.54. The first-order chi connectivity index (χ1) is 11.3. The van der Waals surface area contributed by atoms with Crippen LogP contribution in [0.5, 0.6) is 0 Å². The zero-order valence-corrected chi connectivity index (χ0v) is 14.3. The van der Waals surface area contributed by atoms with Crippen molar-refractivity contribution >= 4 is 5.69 Å². The molecule has 0 radical (unpaired) electrons. The molecule has 0 aliphatic carbocycles. The number of benzene rings is 2. The van der Waals surface area contributed by atoms with Gasteiger partial charge in [0.1, 0.15) is 0 Å². The molecule has 122 valence electrons. The molecule has 0 bridgehead atoms. The molecule has 23 heavy (non-hydrogen) atoms. The minimum atomic E-state index is 0.415. The standard InChI is InChI=1S/C21H28N2/c1-3-18-16-23(20-12-8-5-9-13-20)15-14-21(18)22-17(2)19-10-6-4-7-11-19/h4-13,17-18,21-22H,3,14-16H2,1-2H3/t17-,18?,21?/m0/s1. The zero-order valence-electron chi connectivity index (χ0n) is 14.3. The molecule has 1 aliphatic rings. The highest BCUT2D eigenvalue weighted by atomic mass is 15.2. The Hall–Kier alpha value is -1.80. The minimum Gasteiger partial charge on any atom is -0.371 e. The number of nitrogens with one attached hydrogen (secondary N) is 1. The molecule has 2 unspecified atom stereocenters. The van der Waals surface area contributed by atoms with E-state index in [0.717, 1.165) is 13.1 Å². The van der Waals surface area contributed by atoms with Crippen molar-refractivity contribution in [3.63, 3.8) is 0 Å². The highest BCUT2D eigenvalue weighted by Crippen LogP contribution is 2.27. The lowest BCUT2D eigenvalue weighted by Gasteiger charge is -2.41. The second kappa shape index (κ2) is 7.65. The molecule has 2 heteroatoms. The molecule has 0 amide bonds. The summed E-state index contributed by atoms with van der Waals surface area (Å²) in [6, 6.07) is 22.6. The summed E-state index contributed by atoms with van der Waals surface area (Å²) in [6.45, 7) is 6.89. The molecular weight excluding hydrogens is 280 g/mol. The largest absolute Gasteiger partial charge is 0.371 e. The Morgan fingerprint density at radius 2 is 1.70 bits per heavy atom. The van der Waals surface area contributed by atoms with Crippen LogP contribution in [0.25, 0.3) is 0 Å². The number of para-hydroxylation sites is 1.